The summed E-state index contributed by atoms with van der Waals surface area (Å²) in [6.45, 7) is 5.46. The summed E-state index contributed by atoms with van der Waals surface area (Å²) in [7, 11) is -3.66. The van der Waals surface area contributed by atoms with Crippen molar-refractivity contribution in [3.05, 3.63) is 46.6 Å². The maximum absolute atomic E-state index is 12.5. The van der Waals surface area contributed by atoms with Gasteiger partial charge in [-0.3, -0.25) is 4.72 Å². The molecular weight excluding hydrogens is 334 g/mol. The fourth-order valence-corrected chi connectivity index (χ4v) is 4.25. The van der Waals surface area contributed by atoms with Crippen LogP contribution < -0.4 is 4.72 Å². The first-order valence-corrected chi connectivity index (χ1v) is 9.17. The van der Waals surface area contributed by atoms with Crippen molar-refractivity contribution in [2.45, 2.75) is 25.0 Å². The summed E-state index contributed by atoms with van der Waals surface area (Å²) in [5.41, 5.74) is 2.35. The van der Waals surface area contributed by atoms with Gasteiger partial charge >= 0.3 is 0 Å². The summed E-state index contributed by atoms with van der Waals surface area (Å²) < 4.78 is 29.2. The number of rotatable bonds is 4. The Morgan fingerprint density at radius 2 is 1.87 bits per heavy atom. The van der Waals surface area contributed by atoms with Gasteiger partial charge < -0.3 is 0 Å². The zero-order valence-electron chi connectivity index (χ0n) is 12.8. The highest BCUT2D eigenvalue weighted by atomic mass is 32.2. The van der Waals surface area contributed by atoms with E-state index in [0.29, 0.717) is 17.3 Å². The fraction of sp³-hybridized carbons (Fsp3) is 0.214. The highest BCUT2D eigenvalue weighted by molar-refractivity contribution is 7.94. The Bertz CT molecular complexity index is 942. The predicted octanol–water partition coefficient (Wildman–Crippen LogP) is 2.45. The number of hydrogen-bond acceptors (Lipinski definition) is 6. The molecule has 120 valence electrons. The molecule has 0 atom stereocenters. The lowest BCUT2D eigenvalue weighted by Gasteiger charge is -2.08. The van der Waals surface area contributed by atoms with Gasteiger partial charge in [0.25, 0.3) is 10.0 Å². The average molecular weight is 349 g/mol. The summed E-state index contributed by atoms with van der Waals surface area (Å²) >= 11 is 1.18. The number of nitrogens with zero attached hydrogens (tertiary/aromatic N) is 4. The second-order valence-corrected chi connectivity index (χ2v) is 7.98. The monoisotopic (exact) mass is 349 g/mol. The van der Waals surface area contributed by atoms with Crippen LogP contribution in [0.3, 0.4) is 0 Å². The molecule has 0 saturated heterocycles. The molecule has 0 fully saturated rings. The number of sulfonamides is 1. The van der Waals surface area contributed by atoms with Crippen LogP contribution in [0.25, 0.3) is 5.82 Å². The number of anilines is 1. The summed E-state index contributed by atoms with van der Waals surface area (Å²) in [5, 5.41) is 14.1. The maximum atomic E-state index is 12.5. The molecule has 0 unspecified atom stereocenters. The number of hydrogen-bond donors (Lipinski definition) is 1. The van der Waals surface area contributed by atoms with Gasteiger partial charge in [-0.25, -0.2) is 8.42 Å². The maximum Gasteiger partial charge on any atom is 0.272 e. The molecule has 7 nitrogen and oxygen atoms in total. The molecule has 3 aromatic heterocycles. The lowest BCUT2D eigenvalue weighted by atomic mass is 10.4. The van der Waals surface area contributed by atoms with Crippen LogP contribution in [0.5, 0.6) is 0 Å². The standard InChI is InChI=1S/C14H15N5O2S2/c1-9-6-14(22-8-9)23(20,21)18-13-7-11(3)17-19(13)12-5-4-10(2)15-16-12/h4-8,18H,1-3H3. The Morgan fingerprint density at radius 1 is 1.09 bits per heavy atom. The number of aromatic nitrogens is 4. The lowest BCUT2D eigenvalue weighted by molar-refractivity contribution is 0.602. The SMILES string of the molecule is Cc1csc(S(=O)(=O)Nc2cc(C)nn2-c2ccc(C)nn2)c1. The largest absolute Gasteiger partial charge is 0.272 e. The van der Waals surface area contributed by atoms with E-state index in [0.717, 1.165) is 11.3 Å². The molecular formula is C14H15N5O2S2. The van der Waals surface area contributed by atoms with Gasteiger partial charge in [0, 0.05) is 6.07 Å². The van der Waals surface area contributed by atoms with Gasteiger partial charge in [0.1, 0.15) is 10.0 Å². The summed E-state index contributed by atoms with van der Waals surface area (Å²) in [6.07, 6.45) is 0. The topological polar surface area (TPSA) is 89.8 Å². The minimum Gasteiger partial charge on any atom is -0.263 e. The van der Waals surface area contributed by atoms with Crippen molar-refractivity contribution in [3.8, 4) is 5.82 Å². The molecule has 0 aliphatic heterocycles. The molecule has 0 aliphatic rings. The molecule has 23 heavy (non-hydrogen) atoms. The first-order valence-electron chi connectivity index (χ1n) is 6.80. The Kier molecular flexibility index (Phi) is 3.90. The molecule has 0 radical (unpaired) electrons. The Balaban J connectivity index is 1.99. The summed E-state index contributed by atoms with van der Waals surface area (Å²) in [4.78, 5) is 0. The molecule has 3 aromatic rings. The Morgan fingerprint density at radius 3 is 2.48 bits per heavy atom. The quantitative estimate of drug-likeness (QED) is 0.781. The number of aryl methyl sites for hydroxylation is 3. The molecule has 9 heteroatoms. The highest BCUT2D eigenvalue weighted by Crippen LogP contribution is 2.24. The Hall–Kier alpha value is -2.26. The van der Waals surface area contributed by atoms with Crippen LogP contribution in [-0.2, 0) is 10.0 Å². The van der Waals surface area contributed by atoms with Crippen molar-refractivity contribution in [1.82, 2.24) is 20.0 Å². The second kappa shape index (κ2) is 5.74. The molecule has 3 rings (SSSR count). The van der Waals surface area contributed by atoms with E-state index in [1.54, 1.807) is 36.6 Å². The normalized spacial score (nSPS) is 11.6. The van der Waals surface area contributed by atoms with Gasteiger partial charge in [-0.05, 0) is 49.9 Å². The first-order chi connectivity index (χ1) is 10.8. The van der Waals surface area contributed by atoms with Crippen molar-refractivity contribution >= 4 is 27.2 Å². The van der Waals surface area contributed by atoms with Crippen LogP contribution >= 0.6 is 11.3 Å². The zero-order valence-corrected chi connectivity index (χ0v) is 14.4. The number of thiophene rings is 1. The minimum atomic E-state index is -3.66. The van der Waals surface area contributed by atoms with Crippen LogP contribution in [0.4, 0.5) is 5.82 Å². The van der Waals surface area contributed by atoms with Crippen LogP contribution in [0.1, 0.15) is 17.0 Å². The van der Waals surface area contributed by atoms with E-state index in [1.165, 1.54) is 16.0 Å². The van der Waals surface area contributed by atoms with Crippen molar-refractivity contribution in [3.63, 3.8) is 0 Å². The molecule has 0 aromatic carbocycles. The van der Waals surface area contributed by atoms with Crippen molar-refractivity contribution < 1.29 is 8.42 Å². The first kappa shape index (κ1) is 15.6. The van der Waals surface area contributed by atoms with Gasteiger partial charge in [0.05, 0.1) is 11.4 Å². The van der Waals surface area contributed by atoms with Gasteiger partial charge in [-0.15, -0.1) is 16.4 Å². The second-order valence-electron chi connectivity index (χ2n) is 5.16. The Labute approximate surface area is 138 Å². The van der Waals surface area contributed by atoms with Gasteiger partial charge in [0.2, 0.25) is 0 Å². The van der Waals surface area contributed by atoms with E-state index in [1.807, 2.05) is 13.8 Å². The van der Waals surface area contributed by atoms with Crippen molar-refractivity contribution in [2.75, 3.05) is 4.72 Å². The smallest absolute Gasteiger partial charge is 0.263 e. The van der Waals surface area contributed by atoms with E-state index in [4.69, 9.17) is 0 Å². The molecule has 3 heterocycles. The van der Waals surface area contributed by atoms with E-state index >= 15 is 0 Å². The zero-order chi connectivity index (χ0) is 16.6. The van der Waals surface area contributed by atoms with Crippen LogP contribution in [0, 0.1) is 20.8 Å². The van der Waals surface area contributed by atoms with E-state index < -0.39 is 10.0 Å². The van der Waals surface area contributed by atoms with Crippen LogP contribution in [0.2, 0.25) is 0 Å². The highest BCUT2D eigenvalue weighted by Gasteiger charge is 2.20. The predicted molar refractivity (Wildman–Crippen MR) is 88.5 cm³/mol. The third-order valence-electron chi connectivity index (χ3n) is 3.04. The average Bonchev–Trinajstić information content (AvgIpc) is 3.06. The number of nitrogens with one attached hydrogen (secondary N) is 1. The molecule has 0 amide bonds. The van der Waals surface area contributed by atoms with E-state index in [-0.39, 0.29) is 4.21 Å². The summed E-state index contributed by atoms with van der Waals surface area (Å²) in [6, 6.07) is 6.81. The third-order valence-corrected chi connectivity index (χ3v) is 5.95. The molecule has 0 spiro atoms. The molecule has 0 saturated carbocycles. The van der Waals surface area contributed by atoms with E-state index in [9.17, 15) is 8.42 Å². The summed E-state index contributed by atoms with van der Waals surface area (Å²) in [5.74, 6) is 0.774. The molecule has 0 aliphatic carbocycles. The third kappa shape index (κ3) is 3.25. The fourth-order valence-electron chi connectivity index (χ4n) is 1.99. The van der Waals surface area contributed by atoms with Crippen molar-refractivity contribution in [1.29, 1.82) is 0 Å². The van der Waals surface area contributed by atoms with Crippen LogP contribution in [0.15, 0.2) is 33.9 Å². The lowest BCUT2D eigenvalue weighted by Crippen LogP contribution is -2.15. The van der Waals surface area contributed by atoms with Crippen LogP contribution in [-0.4, -0.2) is 28.4 Å². The van der Waals surface area contributed by atoms with Gasteiger partial charge in [0.15, 0.2) is 5.82 Å². The van der Waals surface area contributed by atoms with Crippen molar-refractivity contribution in [2.24, 2.45) is 0 Å². The molecule has 1 N–H and O–H groups in total. The molecule has 0 bridgehead atoms. The minimum absolute atomic E-state index is 0.260. The van der Waals surface area contributed by atoms with Gasteiger partial charge in [-0.2, -0.15) is 14.9 Å². The van der Waals surface area contributed by atoms with Gasteiger partial charge in [-0.1, -0.05) is 0 Å². The van der Waals surface area contributed by atoms with E-state index in [2.05, 4.69) is 20.0 Å².